The topological polar surface area (TPSA) is 87.5 Å². The Morgan fingerprint density at radius 2 is 2.40 bits per heavy atom. The molecule has 0 saturated carbocycles. The summed E-state index contributed by atoms with van der Waals surface area (Å²) in [6, 6.07) is -0.444. The molecule has 1 saturated heterocycles. The first-order chi connectivity index (χ1) is 9.56. The molecule has 20 heavy (non-hydrogen) atoms. The van der Waals surface area contributed by atoms with Gasteiger partial charge in [-0.2, -0.15) is 16.9 Å². The SMILES string of the molecule is Cn1cc(CNC(=O)N2CCSCC2CC(=O)O)cn1. The van der Waals surface area contributed by atoms with Gasteiger partial charge in [0.05, 0.1) is 18.7 Å². The number of carbonyl (C=O) groups is 2. The Morgan fingerprint density at radius 1 is 1.60 bits per heavy atom. The largest absolute Gasteiger partial charge is 0.481 e. The quantitative estimate of drug-likeness (QED) is 0.846. The summed E-state index contributed by atoms with van der Waals surface area (Å²) in [5.74, 6) is 0.644. The van der Waals surface area contributed by atoms with Gasteiger partial charge in [-0.25, -0.2) is 4.79 Å². The van der Waals surface area contributed by atoms with E-state index in [9.17, 15) is 9.59 Å². The number of rotatable bonds is 4. The lowest BCUT2D eigenvalue weighted by molar-refractivity contribution is -0.137. The summed E-state index contributed by atoms with van der Waals surface area (Å²) in [6.45, 7) is 0.984. The van der Waals surface area contributed by atoms with Crippen LogP contribution in [-0.4, -0.2) is 55.9 Å². The number of aryl methyl sites for hydroxylation is 1. The van der Waals surface area contributed by atoms with Crippen molar-refractivity contribution in [2.24, 2.45) is 7.05 Å². The maximum absolute atomic E-state index is 12.2. The van der Waals surface area contributed by atoms with E-state index in [0.29, 0.717) is 18.8 Å². The predicted molar refractivity (Wildman–Crippen MR) is 75.5 cm³/mol. The number of urea groups is 1. The first-order valence-electron chi connectivity index (χ1n) is 6.38. The number of hydrogen-bond donors (Lipinski definition) is 2. The highest BCUT2D eigenvalue weighted by Gasteiger charge is 2.28. The zero-order valence-corrected chi connectivity index (χ0v) is 12.1. The van der Waals surface area contributed by atoms with Crippen LogP contribution in [0, 0.1) is 0 Å². The van der Waals surface area contributed by atoms with Crippen LogP contribution in [0.1, 0.15) is 12.0 Å². The smallest absolute Gasteiger partial charge is 0.317 e. The maximum Gasteiger partial charge on any atom is 0.317 e. The number of nitrogens with zero attached hydrogens (tertiary/aromatic N) is 3. The van der Waals surface area contributed by atoms with Gasteiger partial charge < -0.3 is 15.3 Å². The van der Waals surface area contributed by atoms with E-state index in [1.54, 1.807) is 27.5 Å². The molecular formula is C12H18N4O3S. The number of hydrogen-bond acceptors (Lipinski definition) is 4. The molecule has 1 aromatic rings. The van der Waals surface area contributed by atoms with Gasteiger partial charge in [0.25, 0.3) is 0 Å². The van der Waals surface area contributed by atoms with E-state index in [1.165, 1.54) is 0 Å². The van der Waals surface area contributed by atoms with Crippen LogP contribution in [0.2, 0.25) is 0 Å². The third-order valence-electron chi connectivity index (χ3n) is 3.10. The van der Waals surface area contributed by atoms with Crippen LogP contribution in [0.5, 0.6) is 0 Å². The molecule has 1 aliphatic rings. The maximum atomic E-state index is 12.2. The third-order valence-corrected chi connectivity index (χ3v) is 4.19. The molecule has 8 heteroatoms. The Labute approximate surface area is 121 Å². The van der Waals surface area contributed by atoms with Crippen molar-refractivity contribution in [2.45, 2.75) is 19.0 Å². The number of nitrogens with one attached hydrogen (secondary N) is 1. The van der Waals surface area contributed by atoms with Crippen LogP contribution < -0.4 is 5.32 Å². The molecule has 0 aliphatic carbocycles. The van der Waals surface area contributed by atoms with Crippen LogP contribution in [0.3, 0.4) is 0 Å². The lowest BCUT2D eigenvalue weighted by atomic mass is 10.2. The summed E-state index contributed by atoms with van der Waals surface area (Å²) in [6.07, 6.45) is 3.52. The molecule has 2 amide bonds. The van der Waals surface area contributed by atoms with E-state index in [-0.39, 0.29) is 18.5 Å². The van der Waals surface area contributed by atoms with Crippen LogP contribution in [0.4, 0.5) is 4.79 Å². The van der Waals surface area contributed by atoms with Gasteiger partial charge in [-0.15, -0.1) is 0 Å². The highest BCUT2D eigenvalue weighted by Crippen LogP contribution is 2.19. The molecule has 2 N–H and O–H groups in total. The van der Waals surface area contributed by atoms with Crippen LogP contribution >= 0.6 is 11.8 Å². The van der Waals surface area contributed by atoms with Crippen molar-refractivity contribution in [2.75, 3.05) is 18.1 Å². The average molecular weight is 298 g/mol. The van der Waals surface area contributed by atoms with Crippen LogP contribution in [0.25, 0.3) is 0 Å². The van der Waals surface area contributed by atoms with Gasteiger partial charge in [0, 0.05) is 43.4 Å². The molecule has 1 aliphatic heterocycles. The monoisotopic (exact) mass is 298 g/mol. The standard InChI is InChI=1S/C12H18N4O3S/c1-15-7-9(6-14-15)5-13-12(19)16-2-3-20-8-10(16)4-11(17)18/h6-7,10H,2-5,8H2,1H3,(H,13,19)(H,17,18). The van der Waals surface area contributed by atoms with Crippen LogP contribution in [-0.2, 0) is 18.4 Å². The fourth-order valence-electron chi connectivity index (χ4n) is 2.14. The van der Waals surface area contributed by atoms with Crippen molar-refractivity contribution in [1.29, 1.82) is 0 Å². The van der Waals surface area contributed by atoms with Crippen LogP contribution in [0.15, 0.2) is 12.4 Å². The first kappa shape index (κ1) is 14.7. The normalized spacial score (nSPS) is 18.9. The minimum atomic E-state index is -0.873. The van der Waals surface area contributed by atoms with Crippen molar-refractivity contribution in [3.63, 3.8) is 0 Å². The average Bonchev–Trinajstić information content (AvgIpc) is 2.82. The highest BCUT2D eigenvalue weighted by molar-refractivity contribution is 7.99. The van der Waals surface area contributed by atoms with Crippen molar-refractivity contribution in [1.82, 2.24) is 20.0 Å². The molecule has 2 heterocycles. The van der Waals surface area contributed by atoms with Crippen molar-refractivity contribution in [3.05, 3.63) is 18.0 Å². The summed E-state index contributed by atoms with van der Waals surface area (Å²) in [7, 11) is 1.82. The summed E-state index contributed by atoms with van der Waals surface area (Å²) < 4.78 is 1.67. The Bertz CT molecular complexity index is 491. The van der Waals surface area contributed by atoms with Gasteiger partial charge in [-0.1, -0.05) is 0 Å². The fraction of sp³-hybridized carbons (Fsp3) is 0.583. The van der Waals surface area contributed by atoms with Crippen molar-refractivity contribution >= 4 is 23.8 Å². The molecule has 0 radical (unpaired) electrons. The van der Waals surface area contributed by atoms with Gasteiger partial charge in [0.1, 0.15) is 0 Å². The lowest BCUT2D eigenvalue weighted by Gasteiger charge is -2.34. The van der Waals surface area contributed by atoms with Gasteiger partial charge in [0.2, 0.25) is 0 Å². The van der Waals surface area contributed by atoms with Gasteiger partial charge >= 0.3 is 12.0 Å². The molecule has 0 spiro atoms. The van der Waals surface area contributed by atoms with Crippen molar-refractivity contribution < 1.29 is 14.7 Å². The van der Waals surface area contributed by atoms with Gasteiger partial charge in [-0.05, 0) is 0 Å². The fourth-order valence-corrected chi connectivity index (χ4v) is 3.20. The number of carboxylic acids is 1. The van der Waals surface area contributed by atoms with E-state index in [4.69, 9.17) is 5.11 Å². The number of carboxylic acid groups (broad SMARTS) is 1. The molecule has 7 nitrogen and oxygen atoms in total. The Hall–Kier alpha value is -1.70. The van der Waals surface area contributed by atoms with E-state index in [2.05, 4.69) is 10.4 Å². The molecule has 0 aromatic carbocycles. The van der Waals surface area contributed by atoms with E-state index >= 15 is 0 Å². The first-order valence-corrected chi connectivity index (χ1v) is 7.53. The second kappa shape index (κ2) is 6.65. The number of thioether (sulfide) groups is 1. The molecule has 1 unspecified atom stereocenters. The number of aromatic nitrogens is 2. The second-order valence-electron chi connectivity index (χ2n) is 4.70. The summed E-state index contributed by atoms with van der Waals surface area (Å²) in [4.78, 5) is 24.6. The summed E-state index contributed by atoms with van der Waals surface area (Å²) >= 11 is 1.69. The Kier molecular flexibility index (Phi) is 4.89. The molecule has 2 rings (SSSR count). The Morgan fingerprint density at radius 3 is 3.05 bits per heavy atom. The zero-order chi connectivity index (χ0) is 14.5. The summed E-state index contributed by atoms with van der Waals surface area (Å²) in [5.41, 5.74) is 0.919. The van der Waals surface area contributed by atoms with Crippen molar-refractivity contribution in [3.8, 4) is 0 Å². The zero-order valence-electron chi connectivity index (χ0n) is 11.3. The lowest BCUT2D eigenvalue weighted by Crippen LogP contribution is -2.51. The van der Waals surface area contributed by atoms with Gasteiger partial charge in [0.15, 0.2) is 0 Å². The molecule has 1 atom stereocenters. The predicted octanol–water partition coefficient (Wildman–Crippen LogP) is 0.522. The molecule has 1 aromatic heterocycles. The highest BCUT2D eigenvalue weighted by atomic mass is 32.2. The molecular weight excluding hydrogens is 280 g/mol. The number of aliphatic carboxylic acids is 1. The Balaban J connectivity index is 1.90. The minimum absolute atomic E-state index is 0.00663. The second-order valence-corrected chi connectivity index (χ2v) is 5.85. The van der Waals surface area contributed by atoms with Gasteiger partial charge in [-0.3, -0.25) is 9.48 Å². The van der Waals surface area contributed by atoms with E-state index < -0.39 is 5.97 Å². The molecule has 1 fully saturated rings. The minimum Gasteiger partial charge on any atom is -0.481 e. The van der Waals surface area contributed by atoms with E-state index in [0.717, 1.165) is 11.3 Å². The summed E-state index contributed by atoms with van der Waals surface area (Å²) in [5, 5.41) is 15.7. The van der Waals surface area contributed by atoms with E-state index in [1.807, 2.05) is 13.2 Å². The third kappa shape index (κ3) is 3.89. The molecule has 0 bridgehead atoms. The number of amides is 2. The number of carbonyl (C=O) groups excluding carboxylic acids is 1. The molecule has 110 valence electrons.